The van der Waals surface area contributed by atoms with Crippen molar-refractivity contribution in [3.63, 3.8) is 0 Å². The fourth-order valence-corrected chi connectivity index (χ4v) is 8.15. The van der Waals surface area contributed by atoms with Gasteiger partial charge in [-0.15, -0.1) is 0 Å². The van der Waals surface area contributed by atoms with Crippen molar-refractivity contribution < 1.29 is 29.0 Å². The van der Waals surface area contributed by atoms with Gasteiger partial charge < -0.3 is 28.9 Å². The standard InChI is InChI=1S/C38H39N3O6/c1-46-33-19-26(15-16-32(33)42)23-40-30-20-28-24-41(35(43)27-13-7-4-8-14-27)38(37(45)47-2,22-25-11-5-3-6-12-25)34(28)29(30)21-31(40)36(44)39-17-9-10-18-39/h3-8,11-16,19,21,28,34,42H,9-10,17-18,20,22-24H2,1-2H3/t28-,34+,38+/m0/s1. The molecule has 7 rings (SSSR count). The van der Waals surface area contributed by atoms with E-state index in [0.29, 0.717) is 49.6 Å². The number of aromatic hydroxyl groups is 1. The molecule has 2 amide bonds. The van der Waals surface area contributed by atoms with Gasteiger partial charge >= 0.3 is 5.97 Å². The SMILES string of the molecule is COC(=O)[C@@]1(Cc2ccccc2)[C@H]2c3cc(C(=O)N4CCCC4)n(Cc4ccc(O)c(OC)c4)c3C[C@H]2CN1C(=O)c1ccccc1. The molecule has 3 atom stereocenters. The van der Waals surface area contributed by atoms with Crippen LogP contribution in [0.2, 0.25) is 0 Å². The quantitative estimate of drug-likeness (QED) is 0.273. The highest BCUT2D eigenvalue weighted by Crippen LogP contribution is 2.55. The van der Waals surface area contributed by atoms with Gasteiger partial charge in [0.25, 0.3) is 11.8 Å². The number of hydrogen-bond donors (Lipinski definition) is 1. The molecule has 2 aliphatic heterocycles. The lowest BCUT2D eigenvalue weighted by molar-refractivity contribution is -0.153. The summed E-state index contributed by atoms with van der Waals surface area (Å²) in [5, 5.41) is 10.2. The van der Waals surface area contributed by atoms with Crippen molar-refractivity contribution in [3.8, 4) is 11.5 Å². The number of phenols is 1. The third-order valence-corrected chi connectivity index (χ3v) is 10.2. The molecule has 0 saturated carbocycles. The highest BCUT2D eigenvalue weighted by Gasteiger charge is 2.64. The topological polar surface area (TPSA) is 101 Å². The molecule has 0 spiro atoms. The van der Waals surface area contributed by atoms with Crippen molar-refractivity contribution in [2.45, 2.75) is 43.7 Å². The van der Waals surface area contributed by atoms with E-state index in [1.54, 1.807) is 29.2 Å². The normalized spacial score (nSPS) is 21.4. The lowest BCUT2D eigenvalue weighted by Crippen LogP contribution is -2.58. The van der Waals surface area contributed by atoms with Crippen LogP contribution in [0.3, 0.4) is 0 Å². The van der Waals surface area contributed by atoms with Crippen LogP contribution in [0.5, 0.6) is 11.5 Å². The molecule has 2 fully saturated rings. The zero-order valence-corrected chi connectivity index (χ0v) is 26.7. The summed E-state index contributed by atoms with van der Waals surface area (Å²) in [5.41, 5.74) is 3.43. The second-order valence-corrected chi connectivity index (χ2v) is 12.8. The molecule has 1 N–H and O–H groups in total. The van der Waals surface area contributed by atoms with E-state index in [4.69, 9.17) is 9.47 Å². The largest absolute Gasteiger partial charge is 0.504 e. The summed E-state index contributed by atoms with van der Waals surface area (Å²) in [7, 11) is 2.90. The van der Waals surface area contributed by atoms with Crippen molar-refractivity contribution in [1.82, 2.24) is 14.4 Å². The van der Waals surface area contributed by atoms with E-state index in [0.717, 1.165) is 35.2 Å². The van der Waals surface area contributed by atoms with Gasteiger partial charge in [-0.1, -0.05) is 54.6 Å². The average Bonchev–Trinajstić information content (AvgIpc) is 3.89. The zero-order chi connectivity index (χ0) is 32.7. The Morgan fingerprint density at radius 3 is 2.26 bits per heavy atom. The summed E-state index contributed by atoms with van der Waals surface area (Å²) in [6.45, 7) is 2.16. The number of hydrogen-bond acceptors (Lipinski definition) is 6. The van der Waals surface area contributed by atoms with E-state index in [-0.39, 0.29) is 29.9 Å². The minimum absolute atomic E-state index is 0.0406. The smallest absolute Gasteiger partial charge is 0.332 e. The highest BCUT2D eigenvalue weighted by atomic mass is 16.5. The van der Waals surface area contributed by atoms with Crippen LogP contribution in [0, 0.1) is 5.92 Å². The summed E-state index contributed by atoms with van der Waals surface area (Å²) in [6, 6.07) is 26.0. The second kappa shape index (κ2) is 12.3. The maximum absolute atomic E-state index is 14.3. The lowest BCUT2D eigenvalue weighted by Gasteiger charge is -2.40. The van der Waals surface area contributed by atoms with Crippen LogP contribution in [0.4, 0.5) is 0 Å². The number of aromatic nitrogens is 1. The highest BCUT2D eigenvalue weighted by molar-refractivity contribution is 6.00. The first-order valence-electron chi connectivity index (χ1n) is 16.2. The summed E-state index contributed by atoms with van der Waals surface area (Å²) in [5.74, 6) is -0.768. The fraction of sp³-hybridized carbons (Fsp3) is 0.342. The van der Waals surface area contributed by atoms with Gasteiger partial charge in [-0.2, -0.15) is 0 Å². The van der Waals surface area contributed by atoms with Gasteiger partial charge in [0.1, 0.15) is 5.69 Å². The van der Waals surface area contributed by atoms with Gasteiger partial charge in [-0.05, 0) is 72.2 Å². The molecule has 1 aromatic heterocycles. The minimum atomic E-state index is -1.33. The molecular formula is C38H39N3O6. The second-order valence-electron chi connectivity index (χ2n) is 12.8. The summed E-state index contributed by atoms with van der Waals surface area (Å²) in [6.07, 6.45) is 2.79. The predicted molar refractivity (Wildman–Crippen MR) is 176 cm³/mol. The first-order chi connectivity index (χ1) is 22.8. The Labute approximate surface area is 274 Å². The molecule has 9 heteroatoms. The number of carbonyl (C=O) groups is 3. The van der Waals surface area contributed by atoms with Crippen molar-refractivity contribution in [1.29, 1.82) is 0 Å². The van der Waals surface area contributed by atoms with Gasteiger partial charge in [0.05, 0.1) is 14.2 Å². The Bertz CT molecular complexity index is 1810. The summed E-state index contributed by atoms with van der Waals surface area (Å²) < 4.78 is 13.1. The van der Waals surface area contributed by atoms with E-state index in [1.807, 2.05) is 65.6 Å². The molecule has 1 aliphatic carbocycles. The van der Waals surface area contributed by atoms with Crippen LogP contribution in [-0.2, 0) is 28.9 Å². The third-order valence-electron chi connectivity index (χ3n) is 10.2. The Balaban J connectivity index is 1.39. The van der Waals surface area contributed by atoms with Crippen molar-refractivity contribution >= 4 is 17.8 Å². The molecule has 2 saturated heterocycles. The lowest BCUT2D eigenvalue weighted by atomic mass is 9.75. The molecule has 3 aliphatic rings. The van der Waals surface area contributed by atoms with E-state index in [2.05, 4.69) is 4.57 Å². The number of methoxy groups -OCH3 is 2. The number of benzene rings is 3. The first-order valence-corrected chi connectivity index (χ1v) is 16.2. The van der Waals surface area contributed by atoms with Gasteiger partial charge in [0.15, 0.2) is 17.0 Å². The van der Waals surface area contributed by atoms with Crippen LogP contribution in [0.25, 0.3) is 0 Å². The molecule has 3 aromatic carbocycles. The molecule has 0 unspecified atom stereocenters. The number of esters is 1. The van der Waals surface area contributed by atoms with E-state index in [1.165, 1.54) is 14.2 Å². The van der Waals surface area contributed by atoms with Crippen LogP contribution < -0.4 is 4.74 Å². The zero-order valence-electron chi connectivity index (χ0n) is 26.7. The maximum atomic E-state index is 14.3. The summed E-state index contributed by atoms with van der Waals surface area (Å²) in [4.78, 5) is 46.4. The number of rotatable bonds is 8. The Hall–Kier alpha value is -5.05. The van der Waals surface area contributed by atoms with Crippen LogP contribution in [0.15, 0.2) is 84.9 Å². The molecule has 3 heterocycles. The van der Waals surface area contributed by atoms with Gasteiger partial charge in [0.2, 0.25) is 0 Å². The Morgan fingerprint density at radius 1 is 0.872 bits per heavy atom. The molecule has 0 bridgehead atoms. The molecule has 4 aromatic rings. The number of nitrogens with zero attached hydrogens (tertiary/aromatic N) is 3. The molecule has 242 valence electrons. The monoisotopic (exact) mass is 633 g/mol. The Kier molecular flexibility index (Phi) is 7.99. The molecule has 0 radical (unpaired) electrons. The Morgan fingerprint density at radius 2 is 1.57 bits per heavy atom. The van der Waals surface area contributed by atoms with E-state index >= 15 is 0 Å². The van der Waals surface area contributed by atoms with Crippen LogP contribution in [0.1, 0.15) is 62.0 Å². The molecule has 47 heavy (non-hydrogen) atoms. The molecular weight excluding hydrogens is 594 g/mol. The average molecular weight is 634 g/mol. The van der Waals surface area contributed by atoms with Crippen molar-refractivity contribution in [2.24, 2.45) is 5.92 Å². The number of amides is 2. The molecule has 9 nitrogen and oxygen atoms in total. The summed E-state index contributed by atoms with van der Waals surface area (Å²) >= 11 is 0. The number of carbonyl (C=O) groups excluding carboxylic acids is 3. The minimum Gasteiger partial charge on any atom is -0.504 e. The number of phenolic OH excluding ortho intramolecular Hbond substituents is 1. The number of likely N-dealkylation sites (tertiary alicyclic amines) is 2. The van der Waals surface area contributed by atoms with Gasteiger partial charge in [0, 0.05) is 49.8 Å². The van der Waals surface area contributed by atoms with Crippen molar-refractivity contribution in [3.05, 3.63) is 119 Å². The van der Waals surface area contributed by atoms with Crippen LogP contribution >= 0.6 is 0 Å². The number of fused-ring (bicyclic) bond motifs is 3. The van der Waals surface area contributed by atoms with Crippen molar-refractivity contribution in [2.75, 3.05) is 33.9 Å². The number of ether oxygens (including phenoxy) is 2. The predicted octanol–water partition coefficient (Wildman–Crippen LogP) is 5.05. The van der Waals surface area contributed by atoms with E-state index < -0.39 is 17.4 Å². The third kappa shape index (κ3) is 5.14. The van der Waals surface area contributed by atoms with Crippen LogP contribution in [-0.4, -0.2) is 76.6 Å². The maximum Gasteiger partial charge on any atom is 0.332 e. The van der Waals surface area contributed by atoms with Gasteiger partial charge in [-0.25, -0.2) is 4.79 Å². The van der Waals surface area contributed by atoms with Gasteiger partial charge in [-0.3, -0.25) is 9.59 Å². The fourth-order valence-electron chi connectivity index (χ4n) is 8.15. The first kappa shape index (κ1) is 30.6. The van der Waals surface area contributed by atoms with E-state index in [9.17, 15) is 19.5 Å².